The zero-order valence-corrected chi connectivity index (χ0v) is 26.3. The molecule has 1 atom stereocenters. The fourth-order valence-corrected chi connectivity index (χ4v) is 6.19. The third-order valence-electron chi connectivity index (χ3n) is 6.92. The van der Waals surface area contributed by atoms with E-state index < -0.39 is 28.5 Å². The molecule has 230 valence electrons. The normalized spacial score (nSPS) is 11.8. The number of sulfonamides is 1. The molecule has 4 rings (SSSR count). The third kappa shape index (κ3) is 8.39. The van der Waals surface area contributed by atoms with Gasteiger partial charge in [0.05, 0.1) is 10.6 Å². The summed E-state index contributed by atoms with van der Waals surface area (Å²) in [6.07, 6.45) is 1.08. The number of halogens is 1. The van der Waals surface area contributed by atoms with Gasteiger partial charge in [0.15, 0.2) is 0 Å². The number of hydrogen-bond donors (Lipinski definition) is 1. The Hall–Kier alpha value is -4.34. The molecule has 10 heteroatoms. The highest BCUT2D eigenvalue weighted by Gasteiger charge is 2.33. The lowest BCUT2D eigenvalue weighted by Gasteiger charge is -2.33. The van der Waals surface area contributed by atoms with Gasteiger partial charge in [0.1, 0.15) is 24.1 Å². The fourth-order valence-electron chi connectivity index (χ4n) is 4.63. The highest BCUT2D eigenvalue weighted by molar-refractivity contribution is 7.92. The van der Waals surface area contributed by atoms with Gasteiger partial charge in [-0.05, 0) is 79.1 Å². The average Bonchev–Trinajstić information content (AvgIpc) is 3.04. The number of rotatable bonds is 14. The van der Waals surface area contributed by atoms with E-state index in [4.69, 9.17) is 16.3 Å². The van der Waals surface area contributed by atoms with Gasteiger partial charge >= 0.3 is 0 Å². The van der Waals surface area contributed by atoms with Crippen LogP contribution >= 0.6 is 11.6 Å². The summed E-state index contributed by atoms with van der Waals surface area (Å²) in [4.78, 5) is 28.8. The summed E-state index contributed by atoms with van der Waals surface area (Å²) >= 11 is 6.08. The summed E-state index contributed by atoms with van der Waals surface area (Å²) in [5.41, 5.74) is 1.03. The maximum atomic E-state index is 14.2. The van der Waals surface area contributed by atoms with Crippen LogP contribution in [0.5, 0.6) is 11.5 Å². The summed E-state index contributed by atoms with van der Waals surface area (Å²) in [6, 6.07) is 29.8. The molecule has 8 nitrogen and oxygen atoms in total. The molecule has 0 aliphatic rings. The van der Waals surface area contributed by atoms with E-state index in [0.29, 0.717) is 29.5 Å². The van der Waals surface area contributed by atoms with E-state index in [-0.39, 0.29) is 23.0 Å². The maximum absolute atomic E-state index is 14.2. The zero-order chi connectivity index (χ0) is 31.5. The lowest BCUT2D eigenvalue weighted by atomic mass is 10.1. The highest BCUT2D eigenvalue weighted by atomic mass is 35.5. The zero-order valence-electron chi connectivity index (χ0n) is 24.7. The number of ether oxygens (including phenoxy) is 1. The third-order valence-corrected chi connectivity index (χ3v) is 8.96. The highest BCUT2D eigenvalue weighted by Crippen LogP contribution is 2.28. The Morgan fingerprint density at radius 3 is 2.00 bits per heavy atom. The maximum Gasteiger partial charge on any atom is 0.264 e. The molecule has 0 fully saturated rings. The number of benzene rings is 4. The van der Waals surface area contributed by atoms with E-state index in [0.717, 1.165) is 16.3 Å². The summed E-state index contributed by atoms with van der Waals surface area (Å²) in [5.74, 6) is 0.319. The van der Waals surface area contributed by atoms with Gasteiger partial charge in [-0.3, -0.25) is 13.9 Å². The predicted octanol–water partition coefficient (Wildman–Crippen LogP) is 6.66. The summed E-state index contributed by atoms with van der Waals surface area (Å²) in [5, 5.41) is 3.42. The minimum atomic E-state index is -4.17. The molecule has 4 aromatic carbocycles. The van der Waals surface area contributed by atoms with Gasteiger partial charge in [0.25, 0.3) is 10.0 Å². The van der Waals surface area contributed by atoms with Crippen LogP contribution in [0.1, 0.15) is 32.3 Å². The van der Waals surface area contributed by atoms with Gasteiger partial charge in [0, 0.05) is 18.1 Å². The van der Waals surface area contributed by atoms with Gasteiger partial charge in [-0.15, -0.1) is 0 Å². The van der Waals surface area contributed by atoms with Gasteiger partial charge in [-0.25, -0.2) is 8.42 Å². The van der Waals surface area contributed by atoms with Crippen molar-refractivity contribution in [2.75, 3.05) is 17.4 Å². The molecule has 2 amide bonds. The van der Waals surface area contributed by atoms with Crippen molar-refractivity contribution in [3.05, 3.63) is 120 Å². The number of anilines is 1. The molecule has 0 saturated carbocycles. The first kappa shape index (κ1) is 32.6. The van der Waals surface area contributed by atoms with Crippen LogP contribution in [0.4, 0.5) is 5.69 Å². The molecule has 44 heavy (non-hydrogen) atoms. The average molecular weight is 634 g/mol. The molecule has 0 unspecified atom stereocenters. The van der Waals surface area contributed by atoms with Crippen molar-refractivity contribution >= 4 is 39.1 Å². The van der Waals surface area contributed by atoms with E-state index in [1.54, 1.807) is 66.7 Å². The summed E-state index contributed by atoms with van der Waals surface area (Å²) in [7, 11) is -4.17. The van der Waals surface area contributed by atoms with Crippen molar-refractivity contribution in [2.45, 2.75) is 44.2 Å². The Kier molecular flexibility index (Phi) is 11.4. The van der Waals surface area contributed by atoms with Crippen molar-refractivity contribution in [3.8, 4) is 11.5 Å². The molecule has 0 aliphatic heterocycles. The molecular formula is C34H36ClN3O5S. The second-order valence-corrected chi connectivity index (χ2v) is 12.4. The first-order valence-electron chi connectivity index (χ1n) is 14.4. The van der Waals surface area contributed by atoms with Crippen molar-refractivity contribution in [3.63, 3.8) is 0 Å². The number of hydrogen-bond acceptors (Lipinski definition) is 5. The van der Waals surface area contributed by atoms with Crippen LogP contribution in [-0.4, -0.2) is 44.3 Å². The van der Waals surface area contributed by atoms with Crippen LogP contribution in [0.15, 0.2) is 114 Å². The van der Waals surface area contributed by atoms with Crippen LogP contribution in [0, 0.1) is 0 Å². The Labute approximate surface area is 264 Å². The van der Waals surface area contributed by atoms with Crippen LogP contribution < -0.4 is 14.4 Å². The first-order valence-corrected chi connectivity index (χ1v) is 16.3. The summed E-state index contributed by atoms with van der Waals surface area (Å²) < 4.78 is 35.0. The van der Waals surface area contributed by atoms with Gasteiger partial charge in [-0.1, -0.05) is 74.0 Å². The minimum Gasteiger partial charge on any atom is -0.457 e. The monoisotopic (exact) mass is 633 g/mol. The van der Waals surface area contributed by atoms with E-state index >= 15 is 0 Å². The molecule has 0 radical (unpaired) electrons. The smallest absolute Gasteiger partial charge is 0.264 e. The molecule has 0 saturated heterocycles. The minimum absolute atomic E-state index is 0.0365. The SMILES string of the molecule is CCCNC(=O)[C@H](CC)N(Cc1ccc(Cl)cc1)C(=O)CN(c1ccc(Oc2ccccc2)cc1)S(=O)(=O)c1ccccc1. The molecule has 0 spiro atoms. The van der Waals surface area contributed by atoms with E-state index in [1.165, 1.54) is 17.0 Å². The van der Waals surface area contributed by atoms with Crippen LogP contribution in [0.25, 0.3) is 0 Å². The van der Waals surface area contributed by atoms with E-state index in [1.807, 2.05) is 44.2 Å². The molecule has 0 aromatic heterocycles. The number of carbonyl (C=O) groups excluding carboxylic acids is 2. The van der Waals surface area contributed by atoms with Gasteiger partial charge in [-0.2, -0.15) is 0 Å². The first-order chi connectivity index (χ1) is 21.2. The number of para-hydroxylation sites is 1. The van der Waals surface area contributed by atoms with Crippen LogP contribution in [-0.2, 0) is 26.2 Å². The van der Waals surface area contributed by atoms with E-state index in [9.17, 15) is 18.0 Å². The number of nitrogens with zero attached hydrogens (tertiary/aromatic N) is 2. The topological polar surface area (TPSA) is 96.0 Å². The molecule has 0 heterocycles. The lowest BCUT2D eigenvalue weighted by Crippen LogP contribution is -2.52. The van der Waals surface area contributed by atoms with Crippen molar-refractivity contribution in [1.29, 1.82) is 0 Å². The van der Waals surface area contributed by atoms with Gasteiger partial charge in [0.2, 0.25) is 11.8 Å². The van der Waals surface area contributed by atoms with Crippen LogP contribution in [0.2, 0.25) is 5.02 Å². The Bertz CT molecular complexity index is 1620. The largest absolute Gasteiger partial charge is 0.457 e. The number of nitrogens with one attached hydrogen (secondary N) is 1. The second kappa shape index (κ2) is 15.4. The van der Waals surface area contributed by atoms with Crippen molar-refractivity contribution in [1.82, 2.24) is 10.2 Å². The fraction of sp³-hybridized carbons (Fsp3) is 0.235. The molecular weight excluding hydrogens is 598 g/mol. The predicted molar refractivity (Wildman–Crippen MR) is 173 cm³/mol. The quantitative estimate of drug-likeness (QED) is 0.168. The molecule has 4 aromatic rings. The van der Waals surface area contributed by atoms with Crippen LogP contribution in [0.3, 0.4) is 0 Å². The number of carbonyl (C=O) groups is 2. The standard InChI is InChI=1S/C34H36ClN3O5S/c1-3-23-36-34(40)32(4-2)37(24-26-15-17-27(35)18-16-26)33(39)25-38(44(41,42)31-13-9-6-10-14-31)28-19-21-30(22-20-28)43-29-11-7-5-8-12-29/h5-22,32H,3-4,23-25H2,1-2H3,(H,36,40)/t32-/m0/s1. The molecule has 1 N–H and O–H groups in total. The molecule has 0 bridgehead atoms. The Morgan fingerprint density at radius 2 is 1.41 bits per heavy atom. The lowest BCUT2D eigenvalue weighted by molar-refractivity contribution is -0.140. The molecule has 0 aliphatic carbocycles. The Balaban J connectivity index is 1.70. The van der Waals surface area contributed by atoms with Gasteiger partial charge < -0.3 is 15.0 Å². The summed E-state index contributed by atoms with van der Waals surface area (Å²) in [6.45, 7) is 3.80. The van der Waals surface area contributed by atoms with E-state index in [2.05, 4.69) is 5.32 Å². The van der Waals surface area contributed by atoms with Crippen molar-refractivity contribution in [2.24, 2.45) is 0 Å². The van der Waals surface area contributed by atoms with Crippen molar-refractivity contribution < 1.29 is 22.7 Å². The number of amides is 2. The second-order valence-electron chi connectivity index (χ2n) is 10.1. The Morgan fingerprint density at radius 1 is 0.818 bits per heavy atom.